The summed E-state index contributed by atoms with van der Waals surface area (Å²) in [7, 11) is -3.85. The van der Waals surface area contributed by atoms with Crippen LogP contribution in [0, 0.1) is 12.7 Å². The fraction of sp³-hybridized carbons (Fsp3) is 0.417. The number of aryl methyl sites for hydroxylation is 1. The summed E-state index contributed by atoms with van der Waals surface area (Å²) in [5.74, 6) is -1.42. The van der Waals surface area contributed by atoms with Crippen LogP contribution in [0.4, 0.5) is 10.1 Å². The average molecular weight is 478 g/mol. The van der Waals surface area contributed by atoms with Gasteiger partial charge in [-0.3, -0.25) is 13.9 Å². The number of amides is 2. The topological polar surface area (TPSA) is 86.8 Å². The van der Waals surface area contributed by atoms with E-state index in [2.05, 4.69) is 5.32 Å². The van der Waals surface area contributed by atoms with Crippen molar-refractivity contribution >= 4 is 27.5 Å². The third kappa shape index (κ3) is 7.85. The van der Waals surface area contributed by atoms with E-state index < -0.39 is 39.9 Å². The number of nitrogens with zero attached hydrogens (tertiary/aromatic N) is 2. The first kappa shape index (κ1) is 26.3. The van der Waals surface area contributed by atoms with E-state index in [0.29, 0.717) is 0 Å². The molecule has 1 unspecified atom stereocenters. The molecule has 2 aromatic carbocycles. The van der Waals surface area contributed by atoms with Crippen molar-refractivity contribution < 1.29 is 22.4 Å². The van der Waals surface area contributed by atoms with Crippen LogP contribution >= 0.6 is 0 Å². The van der Waals surface area contributed by atoms with Gasteiger partial charge < -0.3 is 10.2 Å². The lowest BCUT2D eigenvalue weighted by atomic mass is 10.1. The van der Waals surface area contributed by atoms with Gasteiger partial charge in [-0.15, -0.1) is 0 Å². The molecule has 1 atom stereocenters. The van der Waals surface area contributed by atoms with Crippen LogP contribution in [0.5, 0.6) is 0 Å². The van der Waals surface area contributed by atoms with Gasteiger partial charge in [-0.1, -0.05) is 29.8 Å². The second-order valence-corrected chi connectivity index (χ2v) is 11.1. The van der Waals surface area contributed by atoms with Gasteiger partial charge in [0.25, 0.3) is 0 Å². The molecule has 0 heterocycles. The highest BCUT2D eigenvalue weighted by Gasteiger charge is 2.31. The van der Waals surface area contributed by atoms with Gasteiger partial charge in [-0.2, -0.15) is 0 Å². The standard InChI is InChI=1S/C24H32FN3O4S/c1-17-8-7-9-19(14-17)15-27(18(2)23(30)26-24(3,4)5)22(29)16-28(33(6,31)32)21-12-10-20(25)11-13-21/h7-14,18H,15-16H2,1-6H3,(H,26,30). The molecule has 0 bridgehead atoms. The van der Waals surface area contributed by atoms with Crippen molar-refractivity contribution in [1.82, 2.24) is 10.2 Å². The molecule has 0 aliphatic heterocycles. The zero-order valence-electron chi connectivity index (χ0n) is 19.9. The summed E-state index contributed by atoms with van der Waals surface area (Å²) in [6.45, 7) is 8.64. The van der Waals surface area contributed by atoms with Gasteiger partial charge in [0, 0.05) is 12.1 Å². The molecule has 1 N–H and O–H groups in total. The third-order valence-corrected chi connectivity index (χ3v) is 6.04. The van der Waals surface area contributed by atoms with Gasteiger partial charge >= 0.3 is 0 Å². The molecule has 0 radical (unpaired) electrons. The third-order valence-electron chi connectivity index (χ3n) is 4.89. The number of sulfonamides is 1. The van der Waals surface area contributed by atoms with E-state index in [1.54, 1.807) is 6.92 Å². The van der Waals surface area contributed by atoms with Crippen molar-refractivity contribution in [2.45, 2.75) is 52.7 Å². The van der Waals surface area contributed by atoms with Crippen LogP contribution in [-0.2, 0) is 26.2 Å². The largest absolute Gasteiger partial charge is 0.350 e. The van der Waals surface area contributed by atoms with Crippen molar-refractivity contribution in [3.63, 3.8) is 0 Å². The maximum atomic E-state index is 13.4. The highest BCUT2D eigenvalue weighted by Crippen LogP contribution is 2.20. The van der Waals surface area contributed by atoms with Gasteiger partial charge in [0.2, 0.25) is 21.8 Å². The smallest absolute Gasteiger partial charge is 0.244 e. The van der Waals surface area contributed by atoms with Crippen molar-refractivity contribution in [1.29, 1.82) is 0 Å². The quantitative estimate of drug-likeness (QED) is 0.633. The van der Waals surface area contributed by atoms with Crippen LogP contribution in [0.2, 0.25) is 0 Å². The zero-order valence-corrected chi connectivity index (χ0v) is 20.7. The fourth-order valence-electron chi connectivity index (χ4n) is 3.28. The maximum absolute atomic E-state index is 13.4. The Bertz CT molecular complexity index is 1100. The van der Waals surface area contributed by atoms with E-state index >= 15 is 0 Å². The summed E-state index contributed by atoms with van der Waals surface area (Å²) in [6.07, 6.45) is 0.976. The molecule has 2 rings (SSSR count). The Labute approximate surface area is 195 Å². The summed E-state index contributed by atoms with van der Waals surface area (Å²) in [6, 6.07) is 11.5. The van der Waals surface area contributed by atoms with Crippen LogP contribution in [0.3, 0.4) is 0 Å². The summed E-state index contributed by atoms with van der Waals surface area (Å²) >= 11 is 0. The molecule has 9 heteroatoms. The number of rotatable bonds is 8. The van der Waals surface area contributed by atoms with Crippen LogP contribution in [-0.4, -0.2) is 49.5 Å². The lowest BCUT2D eigenvalue weighted by Gasteiger charge is -2.33. The molecule has 0 fully saturated rings. The molecular weight excluding hydrogens is 445 g/mol. The first-order valence-electron chi connectivity index (χ1n) is 10.6. The van der Waals surface area contributed by atoms with E-state index in [4.69, 9.17) is 0 Å². The van der Waals surface area contributed by atoms with E-state index in [0.717, 1.165) is 33.8 Å². The first-order chi connectivity index (χ1) is 15.2. The Hall–Kier alpha value is -2.94. The highest BCUT2D eigenvalue weighted by atomic mass is 32.2. The van der Waals surface area contributed by atoms with Crippen molar-refractivity contribution in [2.75, 3.05) is 17.1 Å². The number of hydrogen-bond acceptors (Lipinski definition) is 4. The van der Waals surface area contributed by atoms with Gasteiger partial charge in [-0.25, -0.2) is 12.8 Å². The predicted molar refractivity (Wildman–Crippen MR) is 128 cm³/mol. The predicted octanol–water partition coefficient (Wildman–Crippen LogP) is 3.23. The Morgan fingerprint density at radius 1 is 1.09 bits per heavy atom. The van der Waals surface area contributed by atoms with Crippen molar-refractivity contribution in [2.24, 2.45) is 0 Å². The average Bonchev–Trinajstić information content (AvgIpc) is 2.68. The van der Waals surface area contributed by atoms with Crippen LogP contribution in [0.15, 0.2) is 48.5 Å². The monoisotopic (exact) mass is 477 g/mol. The summed E-state index contributed by atoms with van der Waals surface area (Å²) in [4.78, 5) is 27.6. The number of halogens is 1. The first-order valence-corrected chi connectivity index (χ1v) is 12.4. The molecule has 2 amide bonds. The zero-order chi connectivity index (χ0) is 25.0. The number of carbonyl (C=O) groups is 2. The van der Waals surface area contributed by atoms with E-state index in [1.807, 2.05) is 52.0 Å². The number of nitrogens with one attached hydrogen (secondary N) is 1. The number of benzene rings is 2. The van der Waals surface area contributed by atoms with Gasteiger partial charge in [-0.05, 0) is 64.4 Å². The molecule has 180 valence electrons. The Morgan fingerprint density at radius 3 is 2.21 bits per heavy atom. The molecule has 0 aliphatic rings. The molecule has 0 aromatic heterocycles. The molecule has 0 saturated heterocycles. The minimum absolute atomic E-state index is 0.125. The number of carbonyl (C=O) groups excluding carboxylic acids is 2. The minimum atomic E-state index is -3.85. The van der Waals surface area contributed by atoms with Crippen LogP contribution in [0.1, 0.15) is 38.8 Å². The fourth-order valence-corrected chi connectivity index (χ4v) is 4.13. The summed E-state index contributed by atoms with van der Waals surface area (Å²) in [5, 5.41) is 2.87. The molecule has 0 saturated carbocycles. The number of anilines is 1. The Morgan fingerprint density at radius 2 is 1.70 bits per heavy atom. The van der Waals surface area contributed by atoms with Gasteiger partial charge in [0.05, 0.1) is 11.9 Å². The normalized spacial score (nSPS) is 12.7. The maximum Gasteiger partial charge on any atom is 0.244 e. The lowest BCUT2D eigenvalue weighted by molar-refractivity contribution is -0.140. The van der Waals surface area contributed by atoms with Crippen molar-refractivity contribution in [3.05, 3.63) is 65.5 Å². The second-order valence-electron chi connectivity index (χ2n) is 9.17. The Balaban J connectivity index is 2.39. The van der Waals surface area contributed by atoms with E-state index in [9.17, 15) is 22.4 Å². The molecule has 0 aliphatic carbocycles. The second kappa shape index (κ2) is 10.3. The summed E-state index contributed by atoms with van der Waals surface area (Å²) in [5.41, 5.74) is 1.47. The SMILES string of the molecule is Cc1cccc(CN(C(=O)CN(c2ccc(F)cc2)S(C)(=O)=O)C(C)C(=O)NC(C)(C)C)c1. The lowest BCUT2D eigenvalue weighted by Crippen LogP contribution is -2.54. The molecule has 2 aromatic rings. The van der Waals surface area contributed by atoms with E-state index in [1.165, 1.54) is 17.0 Å². The van der Waals surface area contributed by atoms with Crippen molar-refractivity contribution in [3.8, 4) is 0 Å². The van der Waals surface area contributed by atoms with Crippen LogP contribution in [0.25, 0.3) is 0 Å². The minimum Gasteiger partial charge on any atom is -0.350 e. The molecule has 0 spiro atoms. The summed E-state index contributed by atoms with van der Waals surface area (Å²) < 4.78 is 39.2. The molecule has 7 nitrogen and oxygen atoms in total. The Kier molecular flexibility index (Phi) is 8.24. The van der Waals surface area contributed by atoms with Gasteiger partial charge in [0.15, 0.2) is 0 Å². The van der Waals surface area contributed by atoms with E-state index in [-0.39, 0.29) is 18.1 Å². The molecule has 33 heavy (non-hydrogen) atoms. The highest BCUT2D eigenvalue weighted by molar-refractivity contribution is 7.92. The number of hydrogen-bond donors (Lipinski definition) is 1. The van der Waals surface area contributed by atoms with Gasteiger partial charge in [0.1, 0.15) is 18.4 Å². The van der Waals surface area contributed by atoms with Crippen LogP contribution < -0.4 is 9.62 Å². The molecular formula is C24H32FN3O4S.